The second-order valence-electron chi connectivity index (χ2n) is 2.82. The molecule has 0 unspecified atom stereocenters. The fraction of sp³-hybridized carbons (Fsp3) is 1.00. The molecule has 0 aliphatic rings. The molecule has 0 aromatic heterocycles. The summed E-state index contributed by atoms with van der Waals surface area (Å²) in [4.78, 5) is 1.86. The average molecular weight is 266 g/mol. The third-order valence-corrected chi connectivity index (χ3v) is 2.57. The van der Waals surface area contributed by atoms with Gasteiger partial charge in [-0.25, -0.2) is 0 Å². The first kappa shape index (κ1) is 15.3. The van der Waals surface area contributed by atoms with Gasteiger partial charge >= 0.3 is 5.51 Å². The Balaban J connectivity index is 3.65. The normalized spacial score (nSPS) is 12.4. The first-order valence-electron chi connectivity index (χ1n) is 4.47. The summed E-state index contributed by atoms with van der Waals surface area (Å²) in [6.07, 6.45) is 0. The van der Waals surface area contributed by atoms with Crippen molar-refractivity contribution in [2.24, 2.45) is 0 Å². The van der Waals surface area contributed by atoms with Crippen molar-refractivity contribution in [3.63, 3.8) is 0 Å². The summed E-state index contributed by atoms with van der Waals surface area (Å²) in [7, 11) is 1.56. The van der Waals surface area contributed by atoms with Gasteiger partial charge in [0.25, 0.3) is 0 Å². The van der Waals surface area contributed by atoms with E-state index < -0.39 is 5.51 Å². The molecule has 0 aromatic rings. The number of hydrogen-bond acceptors (Lipinski definition) is 3. The molecule has 2 nitrogen and oxygen atoms in total. The van der Waals surface area contributed by atoms with Gasteiger partial charge in [-0.3, -0.25) is 4.90 Å². The van der Waals surface area contributed by atoms with Gasteiger partial charge < -0.3 is 4.74 Å². The van der Waals surface area contributed by atoms with Gasteiger partial charge in [-0.15, -0.1) is 11.6 Å². The Morgan fingerprint density at radius 3 is 2.40 bits per heavy atom. The van der Waals surface area contributed by atoms with Gasteiger partial charge in [0.15, 0.2) is 0 Å². The van der Waals surface area contributed by atoms with Gasteiger partial charge in [-0.05, 0) is 11.8 Å². The standard InChI is InChI=1S/C8H15ClF3NOS/c1-14-6-4-13(3-2-9)5-7-15-8(10,11)12/h2-7H2,1H3. The Kier molecular flexibility index (Phi) is 8.69. The van der Waals surface area contributed by atoms with Gasteiger partial charge in [0.05, 0.1) is 6.61 Å². The molecule has 0 heterocycles. The van der Waals surface area contributed by atoms with E-state index in [1.807, 2.05) is 4.90 Å². The molecule has 0 radical (unpaired) electrons. The highest BCUT2D eigenvalue weighted by atomic mass is 35.5. The molecular weight excluding hydrogens is 251 g/mol. The molecule has 0 aromatic carbocycles. The Morgan fingerprint density at radius 1 is 1.27 bits per heavy atom. The molecule has 0 amide bonds. The van der Waals surface area contributed by atoms with Crippen molar-refractivity contribution in [3.05, 3.63) is 0 Å². The number of methoxy groups -OCH3 is 1. The number of rotatable bonds is 8. The lowest BCUT2D eigenvalue weighted by Gasteiger charge is -2.20. The van der Waals surface area contributed by atoms with E-state index in [0.717, 1.165) is 0 Å². The molecule has 0 rings (SSSR count). The lowest BCUT2D eigenvalue weighted by atomic mass is 10.5. The summed E-state index contributed by atoms with van der Waals surface area (Å²) in [6, 6.07) is 0. The highest BCUT2D eigenvalue weighted by Crippen LogP contribution is 2.29. The molecular formula is C8H15ClF3NOS. The summed E-state index contributed by atoms with van der Waals surface area (Å²) in [6.45, 7) is 2.08. The summed E-state index contributed by atoms with van der Waals surface area (Å²) in [5.41, 5.74) is -4.14. The quantitative estimate of drug-likeness (QED) is 0.626. The van der Waals surface area contributed by atoms with E-state index in [9.17, 15) is 13.2 Å². The van der Waals surface area contributed by atoms with Crippen LogP contribution in [-0.4, -0.2) is 55.4 Å². The average Bonchev–Trinajstić information content (AvgIpc) is 2.12. The van der Waals surface area contributed by atoms with Crippen LogP contribution in [0.4, 0.5) is 13.2 Å². The predicted octanol–water partition coefficient (Wildman–Crippen LogP) is 2.43. The highest BCUT2D eigenvalue weighted by molar-refractivity contribution is 8.00. The fourth-order valence-electron chi connectivity index (χ4n) is 0.966. The van der Waals surface area contributed by atoms with E-state index >= 15 is 0 Å². The minimum absolute atomic E-state index is 0.00435. The Bertz CT molecular complexity index is 159. The van der Waals surface area contributed by atoms with E-state index in [4.69, 9.17) is 16.3 Å². The van der Waals surface area contributed by atoms with Crippen molar-refractivity contribution in [1.82, 2.24) is 4.90 Å². The summed E-state index contributed by atoms with van der Waals surface area (Å²) < 4.78 is 40.4. The summed E-state index contributed by atoms with van der Waals surface area (Å²) >= 11 is 5.53. The second kappa shape index (κ2) is 8.50. The Morgan fingerprint density at radius 2 is 1.93 bits per heavy atom. The van der Waals surface area contributed by atoms with Crippen LogP contribution >= 0.6 is 23.4 Å². The van der Waals surface area contributed by atoms with E-state index in [2.05, 4.69) is 0 Å². The maximum absolute atomic E-state index is 11.8. The number of ether oxygens (including phenoxy) is 1. The van der Waals surface area contributed by atoms with Crippen molar-refractivity contribution < 1.29 is 17.9 Å². The zero-order chi connectivity index (χ0) is 11.7. The van der Waals surface area contributed by atoms with Crippen LogP contribution in [0.1, 0.15) is 0 Å². The molecule has 0 fully saturated rings. The second-order valence-corrected chi connectivity index (χ2v) is 4.36. The number of nitrogens with zero attached hydrogens (tertiary/aromatic N) is 1. The first-order valence-corrected chi connectivity index (χ1v) is 5.99. The summed E-state index contributed by atoms with van der Waals surface area (Å²) in [5.74, 6) is 0.449. The van der Waals surface area contributed by atoms with E-state index in [1.165, 1.54) is 0 Å². The molecule has 92 valence electrons. The molecule has 0 saturated carbocycles. The third-order valence-electron chi connectivity index (χ3n) is 1.69. The lowest BCUT2D eigenvalue weighted by Crippen LogP contribution is -2.31. The molecule has 0 spiro atoms. The van der Waals surface area contributed by atoms with Crippen LogP contribution in [-0.2, 0) is 4.74 Å². The largest absolute Gasteiger partial charge is 0.441 e. The number of hydrogen-bond donors (Lipinski definition) is 0. The van der Waals surface area contributed by atoms with Gasteiger partial charge in [0.2, 0.25) is 0 Å². The fourth-order valence-corrected chi connectivity index (χ4v) is 1.79. The molecule has 0 saturated heterocycles. The molecule has 0 atom stereocenters. The Labute approximate surface area is 97.1 Å². The Hall–Kier alpha value is 0.350. The van der Waals surface area contributed by atoms with Crippen LogP contribution in [0.5, 0.6) is 0 Å². The monoisotopic (exact) mass is 265 g/mol. The van der Waals surface area contributed by atoms with Gasteiger partial charge in [-0.1, -0.05) is 0 Å². The van der Waals surface area contributed by atoms with Crippen LogP contribution < -0.4 is 0 Å². The van der Waals surface area contributed by atoms with Gasteiger partial charge in [-0.2, -0.15) is 13.2 Å². The number of halogens is 4. The minimum atomic E-state index is -4.14. The van der Waals surface area contributed by atoms with Crippen molar-refractivity contribution >= 4 is 23.4 Å². The van der Waals surface area contributed by atoms with Gasteiger partial charge in [0, 0.05) is 38.4 Å². The van der Waals surface area contributed by atoms with Crippen LogP contribution in [0.25, 0.3) is 0 Å². The highest BCUT2D eigenvalue weighted by Gasteiger charge is 2.27. The minimum Gasteiger partial charge on any atom is -0.383 e. The van der Waals surface area contributed by atoms with Crippen LogP contribution in [0.2, 0.25) is 0 Å². The van der Waals surface area contributed by atoms with E-state index in [1.54, 1.807) is 7.11 Å². The molecule has 15 heavy (non-hydrogen) atoms. The molecule has 0 bridgehead atoms. The summed E-state index contributed by atoms with van der Waals surface area (Å²) in [5, 5.41) is 0. The van der Waals surface area contributed by atoms with Crippen molar-refractivity contribution in [1.29, 1.82) is 0 Å². The van der Waals surface area contributed by atoms with Crippen molar-refractivity contribution in [2.75, 3.05) is 45.0 Å². The van der Waals surface area contributed by atoms with Crippen molar-refractivity contribution in [2.45, 2.75) is 5.51 Å². The maximum Gasteiger partial charge on any atom is 0.441 e. The third kappa shape index (κ3) is 10.6. The first-order chi connectivity index (χ1) is 6.99. The van der Waals surface area contributed by atoms with Gasteiger partial charge in [0.1, 0.15) is 0 Å². The van der Waals surface area contributed by atoms with Crippen LogP contribution in [0, 0.1) is 0 Å². The SMILES string of the molecule is COCCN(CCCl)CCSC(F)(F)F. The zero-order valence-electron chi connectivity index (χ0n) is 8.52. The van der Waals surface area contributed by atoms with E-state index in [-0.39, 0.29) is 17.5 Å². The molecule has 0 aliphatic heterocycles. The zero-order valence-corrected chi connectivity index (χ0v) is 10.1. The maximum atomic E-state index is 11.8. The lowest BCUT2D eigenvalue weighted by molar-refractivity contribution is -0.0328. The van der Waals surface area contributed by atoms with Crippen LogP contribution in [0.15, 0.2) is 0 Å². The van der Waals surface area contributed by atoms with E-state index in [0.29, 0.717) is 32.1 Å². The number of thioether (sulfide) groups is 1. The number of alkyl halides is 4. The molecule has 0 N–H and O–H groups in total. The topological polar surface area (TPSA) is 12.5 Å². The smallest absolute Gasteiger partial charge is 0.383 e. The van der Waals surface area contributed by atoms with Crippen molar-refractivity contribution in [3.8, 4) is 0 Å². The predicted molar refractivity (Wildman–Crippen MR) is 57.5 cm³/mol. The molecule has 0 aliphatic carbocycles. The molecule has 7 heteroatoms. The van der Waals surface area contributed by atoms with Crippen LogP contribution in [0.3, 0.4) is 0 Å².